The molecule has 29 heavy (non-hydrogen) atoms. The highest BCUT2D eigenvalue weighted by molar-refractivity contribution is 5.63. The van der Waals surface area contributed by atoms with Gasteiger partial charge in [-0.1, -0.05) is 26.0 Å². The van der Waals surface area contributed by atoms with Gasteiger partial charge in [-0.15, -0.1) is 10.2 Å². The molecule has 1 aromatic heterocycles. The van der Waals surface area contributed by atoms with Crippen molar-refractivity contribution in [2.45, 2.75) is 59.5 Å². The predicted molar refractivity (Wildman–Crippen MR) is 120 cm³/mol. The largest absolute Gasteiger partial charge is 0.496 e. The third-order valence-corrected chi connectivity index (χ3v) is 3.73. The average molecular weight is 407 g/mol. The maximum absolute atomic E-state index is 5.43. The summed E-state index contributed by atoms with van der Waals surface area (Å²) >= 11 is 0. The van der Waals surface area contributed by atoms with Crippen LogP contribution in [0.2, 0.25) is 0 Å². The summed E-state index contributed by atoms with van der Waals surface area (Å²) in [7, 11) is 3.49. The number of anilines is 1. The summed E-state index contributed by atoms with van der Waals surface area (Å²) in [6.07, 6.45) is 8.22. The van der Waals surface area contributed by atoms with Gasteiger partial charge in [-0.05, 0) is 51.4 Å². The lowest BCUT2D eigenvalue weighted by Crippen LogP contribution is -2.30. The molecule has 0 bridgehead atoms. The molecule has 0 aliphatic carbocycles. The molecule has 0 aliphatic rings. The molecule has 1 heterocycles. The van der Waals surface area contributed by atoms with E-state index < -0.39 is 0 Å². The van der Waals surface area contributed by atoms with Gasteiger partial charge in [-0.3, -0.25) is 5.84 Å². The molecule has 2 aromatic rings. The summed E-state index contributed by atoms with van der Waals surface area (Å²) < 4.78 is 10.7. The fourth-order valence-corrected chi connectivity index (χ4v) is 2.14. The molecule has 1 atom stereocenters. The second-order valence-corrected chi connectivity index (χ2v) is 6.04. The normalized spacial score (nSPS) is 11.2. The Balaban J connectivity index is 0.000000977. The Labute approximate surface area is 175 Å². The first-order chi connectivity index (χ1) is 14.0. The molecule has 0 aliphatic heterocycles. The van der Waals surface area contributed by atoms with E-state index in [1.54, 1.807) is 14.0 Å². The van der Waals surface area contributed by atoms with E-state index in [2.05, 4.69) is 33.1 Å². The summed E-state index contributed by atoms with van der Waals surface area (Å²) in [5.41, 5.74) is 9.68. The topological polar surface area (TPSA) is 124 Å². The van der Waals surface area contributed by atoms with Crippen LogP contribution in [0.3, 0.4) is 0 Å². The number of nitrogens with two attached hydrogens (primary N) is 2. The number of hydrazine groups is 1. The highest BCUT2D eigenvalue weighted by Gasteiger charge is 2.02. The number of allylic oxidation sites excluding steroid dienone is 1. The van der Waals surface area contributed by atoms with Gasteiger partial charge in [0.25, 0.3) is 0 Å². The third-order valence-electron chi connectivity index (χ3n) is 3.73. The number of aryl methyl sites for hydroxylation is 2. The highest BCUT2D eigenvalue weighted by atomic mass is 16.5. The number of benzene rings is 1. The Hall–Kier alpha value is -2.42. The summed E-state index contributed by atoms with van der Waals surface area (Å²) in [5, 5.41) is 10.6. The lowest BCUT2D eigenvalue weighted by atomic mass is 10.1. The molecule has 2 rings (SSSR count). The van der Waals surface area contributed by atoms with E-state index in [-0.39, 0.29) is 6.17 Å². The highest BCUT2D eigenvalue weighted by Crippen LogP contribution is 2.23. The van der Waals surface area contributed by atoms with Crippen molar-refractivity contribution in [2.75, 3.05) is 19.6 Å². The Bertz CT molecular complexity index is 686. The van der Waals surface area contributed by atoms with Gasteiger partial charge in [0, 0.05) is 24.6 Å². The molecule has 0 saturated heterocycles. The zero-order chi connectivity index (χ0) is 22.1. The van der Waals surface area contributed by atoms with Crippen molar-refractivity contribution >= 4 is 11.8 Å². The van der Waals surface area contributed by atoms with Gasteiger partial charge < -0.3 is 25.6 Å². The first-order valence-corrected chi connectivity index (χ1v) is 10.0. The second kappa shape index (κ2) is 16.5. The maximum Gasteiger partial charge on any atom is 0.216 e. The minimum atomic E-state index is 0.134. The van der Waals surface area contributed by atoms with Crippen molar-refractivity contribution in [1.29, 1.82) is 0 Å². The van der Waals surface area contributed by atoms with Gasteiger partial charge in [-0.25, -0.2) is 0 Å². The summed E-state index contributed by atoms with van der Waals surface area (Å²) in [4.78, 5) is 0. The van der Waals surface area contributed by atoms with Crippen LogP contribution in [0.1, 0.15) is 57.4 Å². The van der Waals surface area contributed by atoms with Crippen molar-refractivity contribution in [3.63, 3.8) is 0 Å². The number of unbranched alkanes of at least 4 members (excludes halogenated alkanes) is 2. The number of nitrogens with one attached hydrogen (secondary N) is 2. The van der Waals surface area contributed by atoms with Crippen molar-refractivity contribution in [1.82, 2.24) is 15.5 Å². The van der Waals surface area contributed by atoms with E-state index in [9.17, 15) is 0 Å². The Morgan fingerprint density at radius 1 is 1.24 bits per heavy atom. The molecule has 1 unspecified atom stereocenters. The van der Waals surface area contributed by atoms with Crippen LogP contribution in [0.5, 0.6) is 5.75 Å². The standard InChI is InChI=1S/C16H22N4O2.C3H10N2.C2H6/c1-12-19-20-16(22-12)8-6-4-3-5-7-13-11-14(18-17)9-10-15(13)21-2;1-3(4)5-2;1-2/h5,7,9-11,18H,3-4,6,8,17H2,1-2H3;3,5H,4H2,1-2H3;1-2H3/b7-5+;;. The molecule has 0 spiro atoms. The van der Waals surface area contributed by atoms with E-state index in [0.29, 0.717) is 11.8 Å². The van der Waals surface area contributed by atoms with Crippen molar-refractivity contribution < 1.29 is 9.15 Å². The molecule has 0 fully saturated rings. The van der Waals surface area contributed by atoms with Crippen molar-refractivity contribution in [2.24, 2.45) is 11.6 Å². The van der Waals surface area contributed by atoms with Crippen LogP contribution in [-0.4, -0.2) is 30.5 Å². The van der Waals surface area contributed by atoms with E-state index in [1.807, 2.05) is 46.0 Å². The Morgan fingerprint density at radius 3 is 2.45 bits per heavy atom. The number of hydrogen-bond donors (Lipinski definition) is 4. The lowest BCUT2D eigenvalue weighted by molar-refractivity contribution is 0.414. The molecule has 164 valence electrons. The molecule has 8 heteroatoms. The predicted octanol–water partition coefficient (Wildman–Crippen LogP) is 3.64. The number of hydrogen-bond acceptors (Lipinski definition) is 8. The van der Waals surface area contributed by atoms with Gasteiger partial charge in [0.15, 0.2) is 0 Å². The van der Waals surface area contributed by atoms with Crippen LogP contribution in [-0.2, 0) is 6.42 Å². The SMILES string of the molecule is CC.CNC(C)N.COc1ccc(NN)cc1/C=C/CCCCc1nnc(C)o1. The summed E-state index contributed by atoms with van der Waals surface area (Å²) in [6, 6.07) is 5.73. The van der Waals surface area contributed by atoms with Crippen LogP contribution in [0.15, 0.2) is 28.7 Å². The zero-order valence-electron chi connectivity index (χ0n) is 18.7. The van der Waals surface area contributed by atoms with Crippen LogP contribution < -0.4 is 27.1 Å². The number of methoxy groups -OCH3 is 1. The first kappa shape index (κ1) is 26.6. The van der Waals surface area contributed by atoms with Crippen molar-refractivity contribution in [3.8, 4) is 5.75 Å². The minimum absolute atomic E-state index is 0.134. The van der Waals surface area contributed by atoms with Gasteiger partial charge in [0.2, 0.25) is 11.8 Å². The molecular formula is C21H38N6O2. The van der Waals surface area contributed by atoms with E-state index >= 15 is 0 Å². The fourth-order valence-electron chi connectivity index (χ4n) is 2.14. The number of ether oxygens (including phenoxy) is 1. The molecule has 0 radical (unpaired) electrons. The van der Waals surface area contributed by atoms with Crippen LogP contribution in [0, 0.1) is 6.92 Å². The average Bonchev–Trinajstić information content (AvgIpc) is 3.17. The maximum atomic E-state index is 5.43. The molecule has 0 saturated carbocycles. The zero-order valence-corrected chi connectivity index (χ0v) is 18.7. The van der Waals surface area contributed by atoms with Crippen molar-refractivity contribution in [3.05, 3.63) is 41.6 Å². The first-order valence-electron chi connectivity index (χ1n) is 10.0. The monoisotopic (exact) mass is 406 g/mol. The molecule has 8 nitrogen and oxygen atoms in total. The summed E-state index contributed by atoms with van der Waals surface area (Å²) in [6.45, 7) is 7.69. The Kier molecular flexibility index (Phi) is 15.1. The minimum Gasteiger partial charge on any atom is -0.496 e. The van der Waals surface area contributed by atoms with Crippen LogP contribution in [0.25, 0.3) is 6.08 Å². The smallest absolute Gasteiger partial charge is 0.216 e. The Morgan fingerprint density at radius 2 is 1.93 bits per heavy atom. The van der Waals surface area contributed by atoms with Crippen LogP contribution >= 0.6 is 0 Å². The second-order valence-electron chi connectivity index (χ2n) is 6.04. The lowest BCUT2D eigenvalue weighted by Gasteiger charge is -2.07. The molecular weight excluding hydrogens is 368 g/mol. The number of nitrogen functional groups attached to an aromatic ring is 1. The number of nitrogens with zero attached hydrogens (tertiary/aromatic N) is 2. The molecule has 0 amide bonds. The third kappa shape index (κ3) is 11.9. The van der Waals surface area contributed by atoms with Gasteiger partial charge in [0.05, 0.1) is 13.3 Å². The van der Waals surface area contributed by atoms with E-state index in [1.165, 1.54) is 0 Å². The molecule has 1 aromatic carbocycles. The fraction of sp³-hybridized carbons (Fsp3) is 0.524. The quantitative estimate of drug-likeness (QED) is 0.215. The molecule has 6 N–H and O–H groups in total. The van der Waals surface area contributed by atoms with E-state index in [4.69, 9.17) is 20.7 Å². The number of rotatable bonds is 9. The summed E-state index contributed by atoms with van der Waals surface area (Å²) in [5.74, 6) is 7.59. The van der Waals surface area contributed by atoms with Crippen LogP contribution in [0.4, 0.5) is 5.69 Å². The van der Waals surface area contributed by atoms with E-state index in [0.717, 1.165) is 42.7 Å². The van der Waals surface area contributed by atoms with Gasteiger partial charge >= 0.3 is 0 Å². The number of aromatic nitrogens is 2. The van der Waals surface area contributed by atoms with Gasteiger partial charge in [0.1, 0.15) is 5.75 Å². The van der Waals surface area contributed by atoms with Gasteiger partial charge in [-0.2, -0.15) is 0 Å².